The van der Waals surface area contributed by atoms with Gasteiger partial charge in [0, 0.05) is 18.3 Å². The number of benzene rings is 1. The van der Waals surface area contributed by atoms with Gasteiger partial charge < -0.3 is 15.7 Å². The number of aliphatic hydroxyl groups is 1. The standard InChI is InChI=1S/C16H22F2N2O3/c1-10(2)6-7-16(3,23)9-19-14(21)15(22)20-11-4-5-12(17)13(18)8-11/h4-5,8,10,23H,6-7,9H2,1-3H3,(H,19,21)(H,20,22)/t16-/m0/s1. The van der Waals surface area contributed by atoms with Crippen molar-refractivity contribution in [1.29, 1.82) is 0 Å². The number of rotatable bonds is 6. The van der Waals surface area contributed by atoms with Crippen LogP contribution in [0.1, 0.15) is 33.6 Å². The first kappa shape index (κ1) is 19.0. The molecule has 7 heteroatoms. The number of hydrogen-bond acceptors (Lipinski definition) is 3. The van der Waals surface area contributed by atoms with Crippen LogP contribution in [-0.2, 0) is 9.59 Å². The average molecular weight is 328 g/mol. The van der Waals surface area contributed by atoms with Gasteiger partial charge in [-0.2, -0.15) is 0 Å². The topological polar surface area (TPSA) is 78.4 Å². The summed E-state index contributed by atoms with van der Waals surface area (Å²) in [5.74, 6) is -3.74. The molecule has 5 nitrogen and oxygen atoms in total. The molecular formula is C16H22F2N2O3. The molecule has 0 bridgehead atoms. The third-order valence-electron chi connectivity index (χ3n) is 3.27. The van der Waals surface area contributed by atoms with E-state index in [2.05, 4.69) is 10.6 Å². The Labute approximate surface area is 134 Å². The Morgan fingerprint density at radius 3 is 2.43 bits per heavy atom. The summed E-state index contributed by atoms with van der Waals surface area (Å²) in [5, 5.41) is 14.6. The molecule has 0 aromatic heterocycles. The molecule has 1 aromatic carbocycles. The van der Waals surface area contributed by atoms with Crippen molar-refractivity contribution in [2.45, 2.75) is 39.2 Å². The van der Waals surface area contributed by atoms with E-state index >= 15 is 0 Å². The highest BCUT2D eigenvalue weighted by molar-refractivity contribution is 6.39. The van der Waals surface area contributed by atoms with E-state index in [1.165, 1.54) is 0 Å². The van der Waals surface area contributed by atoms with E-state index in [0.717, 1.165) is 24.6 Å². The van der Waals surface area contributed by atoms with E-state index < -0.39 is 29.0 Å². The Morgan fingerprint density at radius 2 is 1.87 bits per heavy atom. The molecule has 3 N–H and O–H groups in total. The third-order valence-corrected chi connectivity index (χ3v) is 3.27. The monoisotopic (exact) mass is 328 g/mol. The van der Waals surface area contributed by atoms with Gasteiger partial charge >= 0.3 is 11.8 Å². The van der Waals surface area contributed by atoms with Crippen LogP contribution in [0.2, 0.25) is 0 Å². The normalized spacial score (nSPS) is 13.5. The van der Waals surface area contributed by atoms with E-state index in [4.69, 9.17) is 0 Å². The predicted octanol–water partition coefficient (Wildman–Crippen LogP) is 2.21. The molecule has 0 saturated carbocycles. The Balaban J connectivity index is 2.50. The van der Waals surface area contributed by atoms with Crippen molar-refractivity contribution < 1.29 is 23.5 Å². The van der Waals surface area contributed by atoms with Crippen LogP contribution in [0.5, 0.6) is 0 Å². The minimum absolute atomic E-state index is 0.0318. The van der Waals surface area contributed by atoms with Crippen LogP contribution in [0.3, 0.4) is 0 Å². The predicted molar refractivity (Wildman–Crippen MR) is 82.7 cm³/mol. The maximum Gasteiger partial charge on any atom is 0.313 e. The summed E-state index contributed by atoms with van der Waals surface area (Å²) in [6.07, 6.45) is 1.26. The van der Waals surface area contributed by atoms with Crippen LogP contribution < -0.4 is 10.6 Å². The van der Waals surface area contributed by atoms with Gasteiger partial charge in [0.25, 0.3) is 0 Å². The molecule has 0 fully saturated rings. The van der Waals surface area contributed by atoms with E-state index in [1.807, 2.05) is 13.8 Å². The Kier molecular flexibility index (Phi) is 6.62. The lowest BCUT2D eigenvalue weighted by molar-refractivity contribution is -0.136. The molecule has 0 unspecified atom stereocenters. The summed E-state index contributed by atoms with van der Waals surface area (Å²) >= 11 is 0. The van der Waals surface area contributed by atoms with E-state index in [-0.39, 0.29) is 12.2 Å². The van der Waals surface area contributed by atoms with Crippen molar-refractivity contribution >= 4 is 17.5 Å². The highest BCUT2D eigenvalue weighted by Gasteiger charge is 2.23. The molecule has 128 valence electrons. The molecule has 1 atom stereocenters. The molecule has 0 spiro atoms. The van der Waals surface area contributed by atoms with Crippen LogP contribution in [0.4, 0.5) is 14.5 Å². The minimum Gasteiger partial charge on any atom is -0.388 e. The maximum absolute atomic E-state index is 13.0. The van der Waals surface area contributed by atoms with Crippen LogP contribution in [0, 0.1) is 17.6 Å². The second-order valence-corrected chi connectivity index (χ2v) is 6.20. The maximum atomic E-state index is 13.0. The molecule has 2 amide bonds. The van der Waals surface area contributed by atoms with Crippen molar-refractivity contribution in [3.05, 3.63) is 29.8 Å². The first-order valence-corrected chi connectivity index (χ1v) is 7.37. The number of hydrogen-bond donors (Lipinski definition) is 3. The highest BCUT2D eigenvalue weighted by Crippen LogP contribution is 2.16. The fraction of sp³-hybridized carbons (Fsp3) is 0.500. The van der Waals surface area contributed by atoms with Gasteiger partial charge in [0.15, 0.2) is 11.6 Å². The fourth-order valence-corrected chi connectivity index (χ4v) is 1.80. The molecule has 0 radical (unpaired) electrons. The molecule has 1 aromatic rings. The minimum atomic E-state index is -1.13. The second kappa shape index (κ2) is 8.01. The summed E-state index contributed by atoms with van der Waals surface area (Å²) in [6, 6.07) is 2.77. The molecule has 1 rings (SSSR count). The Bertz CT molecular complexity index is 574. The van der Waals surface area contributed by atoms with Crippen molar-refractivity contribution in [1.82, 2.24) is 5.32 Å². The lowest BCUT2D eigenvalue weighted by Gasteiger charge is -2.24. The number of halogens is 2. The highest BCUT2D eigenvalue weighted by atomic mass is 19.2. The molecule has 23 heavy (non-hydrogen) atoms. The molecule has 0 heterocycles. The van der Waals surface area contributed by atoms with Crippen LogP contribution in [0.15, 0.2) is 18.2 Å². The van der Waals surface area contributed by atoms with Crippen LogP contribution >= 0.6 is 0 Å². The number of nitrogens with one attached hydrogen (secondary N) is 2. The lowest BCUT2D eigenvalue weighted by Crippen LogP contribution is -2.44. The first-order valence-electron chi connectivity index (χ1n) is 7.37. The van der Waals surface area contributed by atoms with Gasteiger partial charge in [0.05, 0.1) is 5.60 Å². The largest absolute Gasteiger partial charge is 0.388 e. The summed E-state index contributed by atoms with van der Waals surface area (Å²) in [6.45, 7) is 5.53. The Morgan fingerprint density at radius 1 is 1.22 bits per heavy atom. The van der Waals surface area contributed by atoms with Crippen LogP contribution in [-0.4, -0.2) is 29.1 Å². The van der Waals surface area contributed by atoms with E-state index in [0.29, 0.717) is 12.3 Å². The zero-order chi connectivity index (χ0) is 17.6. The number of amides is 2. The van der Waals surface area contributed by atoms with Crippen molar-refractivity contribution in [2.24, 2.45) is 5.92 Å². The number of anilines is 1. The van der Waals surface area contributed by atoms with Crippen molar-refractivity contribution in [2.75, 3.05) is 11.9 Å². The van der Waals surface area contributed by atoms with Gasteiger partial charge in [-0.1, -0.05) is 13.8 Å². The van der Waals surface area contributed by atoms with Gasteiger partial charge in [-0.25, -0.2) is 8.78 Å². The summed E-state index contributed by atoms with van der Waals surface area (Å²) in [5.41, 5.74) is -1.15. The molecule has 0 aliphatic rings. The van der Waals surface area contributed by atoms with Gasteiger partial charge in [0.1, 0.15) is 0 Å². The van der Waals surface area contributed by atoms with Gasteiger partial charge in [-0.05, 0) is 37.8 Å². The molecule has 0 aliphatic heterocycles. The smallest absolute Gasteiger partial charge is 0.313 e. The summed E-state index contributed by atoms with van der Waals surface area (Å²) in [7, 11) is 0. The number of carbonyl (C=O) groups excluding carboxylic acids is 2. The Hall–Kier alpha value is -2.02. The van der Waals surface area contributed by atoms with Gasteiger partial charge in [-0.3, -0.25) is 9.59 Å². The molecular weight excluding hydrogens is 306 g/mol. The number of carbonyl (C=O) groups is 2. The zero-order valence-electron chi connectivity index (χ0n) is 13.5. The van der Waals surface area contributed by atoms with Crippen molar-refractivity contribution in [3.8, 4) is 0 Å². The first-order chi connectivity index (χ1) is 10.6. The van der Waals surface area contributed by atoms with Gasteiger partial charge in [0.2, 0.25) is 0 Å². The average Bonchev–Trinajstić information content (AvgIpc) is 2.46. The third kappa shape index (κ3) is 6.73. The second-order valence-electron chi connectivity index (χ2n) is 6.20. The van der Waals surface area contributed by atoms with Crippen molar-refractivity contribution in [3.63, 3.8) is 0 Å². The van der Waals surface area contributed by atoms with Crippen LogP contribution in [0.25, 0.3) is 0 Å². The summed E-state index contributed by atoms with van der Waals surface area (Å²) in [4.78, 5) is 23.4. The van der Waals surface area contributed by atoms with Gasteiger partial charge in [-0.15, -0.1) is 0 Å². The quantitative estimate of drug-likeness (QED) is 0.701. The molecule has 0 saturated heterocycles. The SMILES string of the molecule is CC(C)CC[C@](C)(O)CNC(=O)C(=O)Nc1ccc(F)c(F)c1. The summed E-state index contributed by atoms with van der Waals surface area (Å²) < 4.78 is 25.8. The van der Waals surface area contributed by atoms with E-state index in [9.17, 15) is 23.5 Å². The fourth-order valence-electron chi connectivity index (χ4n) is 1.80. The zero-order valence-corrected chi connectivity index (χ0v) is 13.5. The molecule has 0 aliphatic carbocycles. The lowest BCUT2D eigenvalue weighted by atomic mass is 9.95. The van der Waals surface area contributed by atoms with E-state index in [1.54, 1.807) is 6.92 Å².